The first-order valence-electron chi connectivity index (χ1n) is 11.7. The number of aryl methyl sites for hydroxylation is 1. The van der Waals surface area contributed by atoms with Crippen molar-refractivity contribution in [3.05, 3.63) is 130 Å². The second-order valence-electron chi connectivity index (χ2n) is 8.75. The predicted molar refractivity (Wildman–Crippen MR) is 147 cm³/mol. The largest absolute Gasteiger partial charge is 0.332 e. The number of fused-ring (bicyclic) bond motifs is 1. The molecule has 0 fully saturated rings. The number of nitrogens with zero attached hydrogens (tertiary/aromatic N) is 2. The predicted octanol–water partition coefficient (Wildman–Crippen LogP) is 5.73. The van der Waals surface area contributed by atoms with Gasteiger partial charge in [0.2, 0.25) is 11.6 Å². The van der Waals surface area contributed by atoms with Crippen LogP contribution in [-0.2, 0) is 16.6 Å². The number of pyridine rings is 1. The summed E-state index contributed by atoms with van der Waals surface area (Å²) in [5, 5.41) is -0.186. The number of allylic oxidation sites excluding steroid dienone is 2. The Morgan fingerprint density at radius 3 is 2.08 bits per heavy atom. The van der Waals surface area contributed by atoms with E-state index in [0.29, 0.717) is 5.69 Å². The van der Waals surface area contributed by atoms with Crippen LogP contribution in [0, 0.1) is 6.92 Å². The van der Waals surface area contributed by atoms with Crippen molar-refractivity contribution in [1.29, 1.82) is 0 Å². The maximum Gasteiger partial charge on any atom is 0.263 e. The number of rotatable bonds is 7. The maximum atomic E-state index is 13.6. The Kier molecular flexibility index (Phi) is 6.84. The molecule has 0 saturated carbocycles. The number of aromatic nitrogens is 1. The van der Waals surface area contributed by atoms with E-state index in [0.717, 1.165) is 11.1 Å². The summed E-state index contributed by atoms with van der Waals surface area (Å²) in [6.07, 6.45) is 1.49. The van der Waals surface area contributed by atoms with Crippen molar-refractivity contribution < 1.29 is 18.0 Å². The Hall–Kier alpha value is -4.27. The fourth-order valence-electron chi connectivity index (χ4n) is 4.17. The third kappa shape index (κ3) is 4.96. The van der Waals surface area contributed by atoms with Crippen molar-refractivity contribution in [2.75, 3.05) is 9.62 Å². The molecule has 0 amide bonds. The van der Waals surface area contributed by atoms with Gasteiger partial charge in [0.1, 0.15) is 16.5 Å². The minimum absolute atomic E-state index is 0.0126. The number of ketones is 2. The molecule has 1 aliphatic rings. The van der Waals surface area contributed by atoms with Crippen molar-refractivity contribution in [2.24, 2.45) is 0 Å². The molecule has 0 radical (unpaired) electrons. The van der Waals surface area contributed by atoms with Crippen molar-refractivity contribution in [3.8, 4) is 0 Å². The monoisotopic (exact) mass is 543 g/mol. The SMILES string of the molecule is Cc1ccc(CN(C2=C(Cl)C(=O)c3ccccc3C2=O)c2ccc(S(=O)(=O)Nc3ccccn3)cc2)cc1. The Morgan fingerprint density at radius 2 is 1.45 bits per heavy atom. The summed E-state index contributed by atoms with van der Waals surface area (Å²) in [6.45, 7) is 2.20. The van der Waals surface area contributed by atoms with Gasteiger partial charge in [-0.05, 0) is 48.9 Å². The summed E-state index contributed by atoms with van der Waals surface area (Å²) < 4.78 is 28.2. The minimum Gasteiger partial charge on any atom is -0.332 e. The van der Waals surface area contributed by atoms with E-state index >= 15 is 0 Å². The topological polar surface area (TPSA) is 96.4 Å². The normalized spacial score (nSPS) is 13.3. The molecule has 190 valence electrons. The summed E-state index contributed by atoms with van der Waals surface area (Å²) in [4.78, 5) is 32.4. The first kappa shape index (κ1) is 25.4. The molecule has 7 nitrogen and oxygen atoms in total. The average Bonchev–Trinajstić information content (AvgIpc) is 2.93. The molecule has 5 rings (SSSR count). The van der Waals surface area contributed by atoms with E-state index in [1.54, 1.807) is 59.5 Å². The van der Waals surface area contributed by atoms with Crippen LogP contribution in [0.4, 0.5) is 11.5 Å². The van der Waals surface area contributed by atoms with Crippen LogP contribution in [0.5, 0.6) is 0 Å². The number of hydrogen-bond acceptors (Lipinski definition) is 6. The molecule has 0 saturated heterocycles. The van der Waals surface area contributed by atoms with Gasteiger partial charge in [-0.15, -0.1) is 0 Å². The van der Waals surface area contributed by atoms with Crippen LogP contribution in [0.2, 0.25) is 0 Å². The molecule has 4 aromatic rings. The van der Waals surface area contributed by atoms with Crippen LogP contribution < -0.4 is 9.62 Å². The molecular weight excluding hydrogens is 522 g/mol. The van der Waals surface area contributed by atoms with Gasteiger partial charge in [0.25, 0.3) is 10.0 Å². The number of nitrogens with one attached hydrogen (secondary N) is 1. The summed E-state index contributed by atoms with van der Waals surface area (Å²) in [6, 6.07) is 25.2. The van der Waals surface area contributed by atoms with Crippen molar-refractivity contribution in [3.63, 3.8) is 0 Å². The highest BCUT2D eigenvalue weighted by molar-refractivity contribution is 7.92. The van der Waals surface area contributed by atoms with E-state index in [9.17, 15) is 18.0 Å². The highest BCUT2D eigenvalue weighted by atomic mass is 35.5. The lowest BCUT2D eigenvalue weighted by molar-refractivity contribution is 0.0978. The molecule has 9 heteroatoms. The fraction of sp³-hybridized carbons (Fsp3) is 0.0690. The number of halogens is 1. The van der Waals surface area contributed by atoms with E-state index in [4.69, 9.17) is 11.6 Å². The summed E-state index contributed by atoms with van der Waals surface area (Å²) in [5.74, 6) is -0.630. The van der Waals surface area contributed by atoms with Gasteiger partial charge in [-0.25, -0.2) is 13.4 Å². The lowest BCUT2D eigenvalue weighted by atomic mass is 9.91. The van der Waals surface area contributed by atoms with Crippen LogP contribution in [0.15, 0.2) is 113 Å². The van der Waals surface area contributed by atoms with Crippen LogP contribution in [0.1, 0.15) is 31.8 Å². The van der Waals surface area contributed by atoms with Gasteiger partial charge in [-0.1, -0.05) is 71.8 Å². The lowest BCUT2D eigenvalue weighted by Gasteiger charge is -2.30. The summed E-state index contributed by atoms with van der Waals surface area (Å²) >= 11 is 6.54. The number of anilines is 2. The smallest absolute Gasteiger partial charge is 0.263 e. The number of benzene rings is 3. The van der Waals surface area contributed by atoms with E-state index < -0.39 is 15.8 Å². The zero-order chi connectivity index (χ0) is 26.9. The van der Waals surface area contributed by atoms with Gasteiger partial charge in [-0.3, -0.25) is 14.3 Å². The van der Waals surface area contributed by atoms with Gasteiger partial charge >= 0.3 is 0 Å². The van der Waals surface area contributed by atoms with Crippen LogP contribution in [0.25, 0.3) is 0 Å². The molecule has 1 aromatic heterocycles. The van der Waals surface area contributed by atoms with Crippen molar-refractivity contribution in [2.45, 2.75) is 18.4 Å². The van der Waals surface area contributed by atoms with Crippen LogP contribution in [-0.4, -0.2) is 25.0 Å². The number of carbonyl (C=O) groups is 2. The quantitative estimate of drug-likeness (QED) is 0.320. The molecular formula is C29H22ClN3O4S. The molecule has 0 atom stereocenters. The fourth-order valence-corrected chi connectivity index (χ4v) is 5.47. The Bertz CT molecular complexity index is 1670. The minimum atomic E-state index is -3.90. The van der Waals surface area contributed by atoms with E-state index in [2.05, 4.69) is 9.71 Å². The number of carbonyl (C=O) groups excluding carboxylic acids is 2. The van der Waals surface area contributed by atoms with Crippen LogP contribution in [0.3, 0.4) is 0 Å². The third-order valence-electron chi connectivity index (χ3n) is 6.13. The zero-order valence-electron chi connectivity index (χ0n) is 20.3. The second kappa shape index (κ2) is 10.2. The molecule has 1 N–H and O–H groups in total. The molecule has 0 aliphatic heterocycles. The Labute approximate surface area is 225 Å². The number of sulfonamides is 1. The number of hydrogen-bond donors (Lipinski definition) is 1. The van der Waals surface area contributed by atoms with Gasteiger partial charge in [0, 0.05) is 29.6 Å². The van der Waals surface area contributed by atoms with Crippen LogP contribution >= 0.6 is 11.6 Å². The van der Waals surface area contributed by atoms with Gasteiger partial charge < -0.3 is 4.90 Å². The molecule has 0 unspecified atom stereocenters. The molecule has 3 aromatic carbocycles. The first-order valence-corrected chi connectivity index (χ1v) is 13.6. The molecule has 1 heterocycles. The lowest BCUT2D eigenvalue weighted by Crippen LogP contribution is -2.33. The van der Waals surface area contributed by atoms with Gasteiger partial charge in [0.15, 0.2) is 0 Å². The van der Waals surface area contributed by atoms with E-state index in [1.807, 2.05) is 31.2 Å². The van der Waals surface area contributed by atoms with Crippen molar-refractivity contribution >= 4 is 44.7 Å². The summed E-state index contributed by atoms with van der Waals surface area (Å²) in [5.41, 5.74) is 3.01. The van der Waals surface area contributed by atoms with Crippen molar-refractivity contribution in [1.82, 2.24) is 4.98 Å². The molecule has 0 spiro atoms. The third-order valence-corrected chi connectivity index (χ3v) is 7.85. The molecule has 1 aliphatic carbocycles. The first-order chi connectivity index (χ1) is 18.2. The molecule has 0 bridgehead atoms. The Morgan fingerprint density at radius 1 is 0.816 bits per heavy atom. The van der Waals surface area contributed by atoms with E-state index in [-0.39, 0.29) is 44.9 Å². The second-order valence-corrected chi connectivity index (χ2v) is 10.8. The standard InChI is InChI=1S/C29H22ClN3O4S/c1-19-9-11-20(12-10-19)18-33(27-26(30)28(34)23-6-2-3-7-24(23)29(27)35)21-13-15-22(16-14-21)38(36,37)32-25-8-4-5-17-31-25/h2-17H,18H2,1H3,(H,31,32). The highest BCUT2D eigenvalue weighted by Gasteiger charge is 2.35. The molecule has 38 heavy (non-hydrogen) atoms. The highest BCUT2D eigenvalue weighted by Crippen LogP contribution is 2.34. The average molecular weight is 544 g/mol. The van der Waals surface area contributed by atoms with Gasteiger partial charge in [0.05, 0.1) is 4.90 Å². The number of Topliss-reactive ketones (excluding diaryl/α,β-unsaturated/α-hetero) is 2. The van der Waals surface area contributed by atoms with E-state index in [1.165, 1.54) is 18.3 Å². The zero-order valence-corrected chi connectivity index (χ0v) is 21.8. The Balaban J connectivity index is 1.55. The summed E-state index contributed by atoms with van der Waals surface area (Å²) in [7, 11) is -3.90. The maximum absolute atomic E-state index is 13.6. The van der Waals surface area contributed by atoms with Gasteiger partial charge in [-0.2, -0.15) is 0 Å².